The number of nitrogens with one attached hydrogen (secondary N) is 1. The van der Waals surface area contributed by atoms with Gasteiger partial charge in [-0.15, -0.1) is 0 Å². The molecule has 0 saturated heterocycles. The van der Waals surface area contributed by atoms with Crippen LogP contribution in [-0.4, -0.2) is 35.5 Å². The van der Waals surface area contributed by atoms with Gasteiger partial charge < -0.3 is 14.8 Å². The number of aromatic nitrogens is 2. The van der Waals surface area contributed by atoms with Gasteiger partial charge in [-0.2, -0.15) is 5.26 Å². The maximum atomic E-state index is 12.1. The summed E-state index contributed by atoms with van der Waals surface area (Å²) < 4.78 is 11.4. The van der Waals surface area contributed by atoms with E-state index in [0.29, 0.717) is 22.7 Å². The molecule has 0 bridgehead atoms. The molecular formula is C23H18N4O4. The Morgan fingerprint density at radius 2 is 1.68 bits per heavy atom. The highest BCUT2D eigenvalue weighted by Crippen LogP contribution is 2.29. The number of rotatable bonds is 4. The predicted octanol–water partition coefficient (Wildman–Crippen LogP) is 3.98. The molecule has 2 aromatic heterocycles. The summed E-state index contributed by atoms with van der Waals surface area (Å²) in [6.07, 6.45) is 0. The number of carbonyl (C=O) groups is 2. The second kappa shape index (κ2) is 7.80. The number of hydrogen-bond acceptors (Lipinski definition) is 7. The number of fused-ring (bicyclic) bond motifs is 3. The molecule has 0 saturated carbocycles. The monoisotopic (exact) mass is 414 g/mol. The van der Waals surface area contributed by atoms with Crippen LogP contribution in [0.15, 0.2) is 48.5 Å². The van der Waals surface area contributed by atoms with Gasteiger partial charge in [0.05, 0.1) is 41.9 Å². The fourth-order valence-electron chi connectivity index (χ4n) is 3.50. The lowest BCUT2D eigenvalue weighted by atomic mass is 10.1. The number of aryl methyl sites for hydroxylation is 1. The summed E-state index contributed by atoms with van der Waals surface area (Å²) >= 11 is 0. The first-order valence-corrected chi connectivity index (χ1v) is 9.36. The van der Waals surface area contributed by atoms with Gasteiger partial charge in [-0.25, -0.2) is 14.6 Å². The van der Waals surface area contributed by atoms with Gasteiger partial charge in [-0.1, -0.05) is 12.1 Å². The lowest BCUT2D eigenvalue weighted by Crippen LogP contribution is -2.09. The molecule has 0 unspecified atom stereocenters. The van der Waals surface area contributed by atoms with E-state index in [0.717, 1.165) is 16.6 Å². The topological polar surface area (TPSA) is 106 Å². The number of anilines is 2. The average molecular weight is 414 g/mol. The lowest BCUT2D eigenvalue weighted by Gasteiger charge is -2.14. The van der Waals surface area contributed by atoms with Crippen molar-refractivity contribution in [1.82, 2.24) is 9.38 Å². The van der Waals surface area contributed by atoms with E-state index in [4.69, 9.17) is 9.47 Å². The van der Waals surface area contributed by atoms with Crippen molar-refractivity contribution in [3.05, 3.63) is 70.8 Å². The van der Waals surface area contributed by atoms with Crippen LogP contribution in [0.1, 0.15) is 31.8 Å². The summed E-state index contributed by atoms with van der Waals surface area (Å²) in [6, 6.07) is 16.2. The third-order valence-corrected chi connectivity index (χ3v) is 4.93. The van der Waals surface area contributed by atoms with Gasteiger partial charge in [0.15, 0.2) is 5.65 Å². The van der Waals surface area contributed by atoms with Gasteiger partial charge in [-0.05, 0) is 48.9 Å². The molecule has 0 aliphatic rings. The van der Waals surface area contributed by atoms with Crippen LogP contribution in [0, 0.1) is 18.3 Å². The van der Waals surface area contributed by atoms with E-state index in [1.165, 1.54) is 20.3 Å². The summed E-state index contributed by atoms with van der Waals surface area (Å²) in [7, 11) is 2.54. The van der Waals surface area contributed by atoms with E-state index in [2.05, 4.69) is 16.4 Å². The van der Waals surface area contributed by atoms with Crippen molar-refractivity contribution < 1.29 is 19.1 Å². The van der Waals surface area contributed by atoms with Gasteiger partial charge in [0.25, 0.3) is 0 Å². The molecule has 154 valence electrons. The number of imidazole rings is 1. The molecule has 2 aromatic carbocycles. The Hall–Kier alpha value is -4.38. The van der Waals surface area contributed by atoms with Crippen LogP contribution < -0.4 is 5.32 Å². The van der Waals surface area contributed by atoms with Crippen molar-refractivity contribution in [2.24, 2.45) is 0 Å². The average Bonchev–Trinajstić information content (AvgIpc) is 3.17. The maximum Gasteiger partial charge on any atom is 0.337 e. The van der Waals surface area contributed by atoms with E-state index in [-0.39, 0.29) is 11.1 Å². The smallest absolute Gasteiger partial charge is 0.337 e. The van der Waals surface area contributed by atoms with Gasteiger partial charge in [0, 0.05) is 5.69 Å². The number of methoxy groups -OCH3 is 2. The predicted molar refractivity (Wildman–Crippen MR) is 115 cm³/mol. The van der Waals surface area contributed by atoms with Gasteiger partial charge in [-0.3, -0.25) is 4.40 Å². The fraction of sp³-hybridized carbons (Fsp3) is 0.130. The van der Waals surface area contributed by atoms with Gasteiger partial charge in [0.2, 0.25) is 0 Å². The number of ether oxygens (including phenoxy) is 2. The summed E-state index contributed by atoms with van der Waals surface area (Å²) in [4.78, 5) is 28.8. The summed E-state index contributed by atoms with van der Waals surface area (Å²) in [5.74, 6) is -0.538. The maximum absolute atomic E-state index is 12.1. The molecular weight excluding hydrogens is 396 g/mol. The number of nitrogens with zero attached hydrogens (tertiary/aromatic N) is 3. The Kier molecular flexibility index (Phi) is 5.01. The minimum atomic E-state index is -0.581. The SMILES string of the molecule is COC(=O)c1cc(Nc2cc(C)c(C#N)c3nc4ccccc4n23)cc(C(=O)OC)c1. The number of carbonyl (C=O) groups excluding carboxylic acids is 2. The highest BCUT2D eigenvalue weighted by Gasteiger charge is 2.17. The quantitative estimate of drug-likeness (QED) is 0.503. The molecule has 0 aliphatic carbocycles. The van der Waals surface area contributed by atoms with E-state index in [1.54, 1.807) is 12.1 Å². The number of esters is 2. The van der Waals surface area contributed by atoms with Crippen LogP contribution in [0.4, 0.5) is 11.5 Å². The van der Waals surface area contributed by atoms with Crippen LogP contribution >= 0.6 is 0 Å². The van der Waals surface area contributed by atoms with E-state index >= 15 is 0 Å². The van der Waals surface area contributed by atoms with E-state index in [1.807, 2.05) is 41.7 Å². The zero-order valence-corrected chi connectivity index (χ0v) is 17.1. The summed E-state index contributed by atoms with van der Waals surface area (Å²) in [5.41, 5.74) is 4.16. The minimum absolute atomic E-state index is 0.199. The Labute approximate surface area is 177 Å². The number of hydrogen-bond donors (Lipinski definition) is 1. The largest absolute Gasteiger partial charge is 0.465 e. The van der Waals surface area contributed by atoms with E-state index in [9.17, 15) is 14.9 Å². The Balaban J connectivity index is 1.94. The van der Waals surface area contributed by atoms with Crippen molar-refractivity contribution >= 4 is 40.1 Å². The minimum Gasteiger partial charge on any atom is -0.465 e. The van der Waals surface area contributed by atoms with Crippen LogP contribution in [-0.2, 0) is 9.47 Å². The first-order valence-electron chi connectivity index (χ1n) is 9.36. The van der Waals surface area contributed by atoms with Gasteiger partial charge >= 0.3 is 11.9 Å². The van der Waals surface area contributed by atoms with Crippen molar-refractivity contribution in [3.63, 3.8) is 0 Å². The molecule has 0 fully saturated rings. The van der Waals surface area contributed by atoms with Crippen LogP contribution in [0.25, 0.3) is 16.7 Å². The van der Waals surface area contributed by atoms with Crippen molar-refractivity contribution in [3.8, 4) is 6.07 Å². The second-order valence-corrected chi connectivity index (χ2v) is 6.87. The molecule has 2 heterocycles. The Morgan fingerprint density at radius 1 is 1.03 bits per heavy atom. The highest BCUT2D eigenvalue weighted by molar-refractivity contribution is 5.97. The van der Waals surface area contributed by atoms with Crippen molar-refractivity contribution in [1.29, 1.82) is 5.26 Å². The normalized spacial score (nSPS) is 10.6. The molecule has 0 radical (unpaired) electrons. The first-order chi connectivity index (χ1) is 15.0. The lowest BCUT2D eigenvalue weighted by molar-refractivity contribution is 0.0599. The zero-order valence-electron chi connectivity index (χ0n) is 17.1. The highest BCUT2D eigenvalue weighted by atomic mass is 16.5. The molecule has 0 aliphatic heterocycles. The third kappa shape index (κ3) is 3.42. The molecule has 4 aromatic rings. The van der Waals surface area contributed by atoms with Crippen molar-refractivity contribution in [2.45, 2.75) is 6.92 Å². The van der Waals surface area contributed by atoms with E-state index < -0.39 is 11.9 Å². The zero-order chi connectivity index (χ0) is 22.1. The molecule has 0 spiro atoms. The standard InChI is InChI=1S/C23H18N4O4/c1-13-8-20(27-19-7-5-4-6-18(19)26-21(27)17(13)12-24)25-16-10-14(22(28)30-2)9-15(11-16)23(29)31-3/h4-11,25H,1-3H3. The first kappa shape index (κ1) is 19.9. The third-order valence-electron chi connectivity index (χ3n) is 4.93. The van der Waals surface area contributed by atoms with Crippen LogP contribution in [0.3, 0.4) is 0 Å². The number of para-hydroxylation sites is 2. The summed E-state index contributed by atoms with van der Waals surface area (Å²) in [6.45, 7) is 1.83. The summed E-state index contributed by atoms with van der Waals surface area (Å²) in [5, 5.41) is 12.9. The molecule has 31 heavy (non-hydrogen) atoms. The molecule has 0 atom stereocenters. The molecule has 1 N–H and O–H groups in total. The van der Waals surface area contributed by atoms with Crippen LogP contribution in [0.5, 0.6) is 0 Å². The van der Waals surface area contributed by atoms with Gasteiger partial charge in [0.1, 0.15) is 11.9 Å². The number of pyridine rings is 1. The molecule has 8 nitrogen and oxygen atoms in total. The molecule has 4 rings (SSSR count). The Bertz CT molecular complexity index is 1360. The second-order valence-electron chi connectivity index (χ2n) is 6.87. The molecule has 8 heteroatoms. The van der Waals surface area contributed by atoms with Crippen LogP contribution in [0.2, 0.25) is 0 Å². The van der Waals surface area contributed by atoms with Crippen molar-refractivity contribution in [2.75, 3.05) is 19.5 Å². The Morgan fingerprint density at radius 3 is 2.29 bits per heavy atom. The molecule has 0 amide bonds. The number of benzene rings is 2. The fourth-order valence-corrected chi connectivity index (χ4v) is 3.50. The number of nitriles is 1.